The molecule has 0 heterocycles. The second kappa shape index (κ2) is 6.72. The molecule has 3 nitrogen and oxygen atoms in total. The van der Waals surface area contributed by atoms with Crippen LogP contribution >= 0.6 is 15.9 Å². The summed E-state index contributed by atoms with van der Waals surface area (Å²) in [5.41, 5.74) is 1.25. The zero-order valence-electron chi connectivity index (χ0n) is 11.8. The first kappa shape index (κ1) is 15.5. The molecule has 0 saturated heterocycles. The minimum atomic E-state index is -0.448. The van der Waals surface area contributed by atoms with E-state index in [0.717, 1.165) is 11.3 Å². The predicted octanol–water partition coefficient (Wildman–Crippen LogP) is 3.87. The van der Waals surface area contributed by atoms with E-state index < -0.39 is 5.82 Å². The summed E-state index contributed by atoms with van der Waals surface area (Å²) in [7, 11) is 3.27. The van der Waals surface area contributed by atoms with Gasteiger partial charge in [-0.15, -0.1) is 0 Å². The van der Waals surface area contributed by atoms with Crippen LogP contribution < -0.4 is 4.74 Å². The van der Waals surface area contributed by atoms with Crippen molar-refractivity contribution in [2.45, 2.75) is 6.54 Å². The summed E-state index contributed by atoms with van der Waals surface area (Å²) >= 11 is 3.11. The van der Waals surface area contributed by atoms with Gasteiger partial charge in [0, 0.05) is 13.6 Å². The fraction of sp³-hybridized carbons (Fsp3) is 0.188. The number of hydrogen-bond acceptors (Lipinski definition) is 2. The molecule has 110 valence electrons. The van der Waals surface area contributed by atoms with Gasteiger partial charge in [-0.25, -0.2) is 4.39 Å². The Labute approximate surface area is 131 Å². The molecule has 0 aliphatic carbocycles. The minimum absolute atomic E-state index is 0.187. The number of halogens is 2. The number of hydrogen-bond donors (Lipinski definition) is 0. The smallest absolute Gasteiger partial charge is 0.255 e. The molecule has 0 aliphatic heterocycles. The topological polar surface area (TPSA) is 29.5 Å². The highest BCUT2D eigenvalue weighted by Crippen LogP contribution is 2.22. The van der Waals surface area contributed by atoms with Gasteiger partial charge in [0.2, 0.25) is 0 Å². The maximum absolute atomic E-state index is 13.5. The number of carbonyl (C=O) groups excluding carboxylic acids is 1. The van der Waals surface area contributed by atoms with Gasteiger partial charge in [-0.05, 0) is 45.8 Å². The average molecular weight is 352 g/mol. The maximum Gasteiger partial charge on any atom is 0.255 e. The molecule has 1 amide bonds. The number of methoxy groups -OCH3 is 1. The third-order valence-electron chi connectivity index (χ3n) is 3.08. The van der Waals surface area contributed by atoms with Crippen molar-refractivity contribution >= 4 is 21.8 Å². The Morgan fingerprint density at radius 2 is 2.00 bits per heavy atom. The number of amides is 1. The van der Waals surface area contributed by atoms with E-state index >= 15 is 0 Å². The average Bonchev–Trinajstić information content (AvgIpc) is 2.49. The van der Waals surface area contributed by atoms with Gasteiger partial charge in [-0.3, -0.25) is 4.79 Å². The van der Waals surface area contributed by atoms with Crippen LogP contribution in [0.1, 0.15) is 15.9 Å². The first-order valence-corrected chi connectivity index (χ1v) is 7.14. The summed E-state index contributed by atoms with van der Waals surface area (Å²) in [5.74, 6) is 0.0418. The number of ether oxygens (including phenoxy) is 1. The largest absolute Gasteiger partial charge is 0.497 e. The van der Waals surface area contributed by atoms with Gasteiger partial charge in [0.05, 0.1) is 17.1 Å². The van der Waals surface area contributed by atoms with Crippen LogP contribution in [0.25, 0.3) is 0 Å². The molecule has 0 unspecified atom stereocenters. The summed E-state index contributed by atoms with van der Waals surface area (Å²) in [5, 5.41) is 0. The van der Waals surface area contributed by atoms with Gasteiger partial charge in [-0.1, -0.05) is 18.2 Å². The van der Waals surface area contributed by atoms with Crippen LogP contribution in [0.5, 0.6) is 5.75 Å². The fourth-order valence-corrected chi connectivity index (χ4v) is 2.42. The van der Waals surface area contributed by atoms with Crippen molar-refractivity contribution in [3.8, 4) is 5.75 Å². The third-order valence-corrected chi connectivity index (χ3v) is 3.89. The first-order chi connectivity index (χ1) is 10.0. The second-order valence-electron chi connectivity index (χ2n) is 4.61. The summed E-state index contributed by atoms with van der Waals surface area (Å²) in [6.07, 6.45) is 0. The molecule has 2 aromatic carbocycles. The van der Waals surface area contributed by atoms with Crippen molar-refractivity contribution in [1.29, 1.82) is 0 Å². The molecule has 5 heteroatoms. The fourth-order valence-electron chi connectivity index (χ4n) is 1.99. The maximum atomic E-state index is 13.5. The van der Waals surface area contributed by atoms with E-state index in [2.05, 4.69) is 15.9 Å². The third kappa shape index (κ3) is 3.61. The van der Waals surface area contributed by atoms with E-state index in [0.29, 0.717) is 12.1 Å². The van der Waals surface area contributed by atoms with E-state index in [1.807, 2.05) is 24.3 Å². The van der Waals surface area contributed by atoms with E-state index in [9.17, 15) is 9.18 Å². The van der Waals surface area contributed by atoms with Gasteiger partial charge in [-0.2, -0.15) is 0 Å². The molecule has 0 bridgehead atoms. The molecule has 2 aromatic rings. The molecule has 0 atom stereocenters. The SMILES string of the molecule is COc1cccc(CN(C)C(=O)c2cccc(F)c2Br)c1. The Bertz CT molecular complexity index is 660. The standard InChI is InChI=1S/C16H15BrFNO2/c1-19(10-11-5-3-6-12(9-11)21-2)16(20)13-7-4-8-14(18)15(13)17/h3-9H,10H2,1-2H3. The molecule has 0 N–H and O–H groups in total. The van der Waals surface area contributed by atoms with Crippen molar-refractivity contribution in [3.05, 3.63) is 63.9 Å². The Morgan fingerprint density at radius 3 is 2.71 bits per heavy atom. The lowest BCUT2D eigenvalue weighted by molar-refractivity contribution is 0.0783. The molecule has 0 radical (unpaired) electrons. The zero-order valence-corrected chi connectivity index (χ0v) is 13.4. The number of carbonyl (C=O) groups is 1. The van der Waals surface area contributed by atoms with Crippen molar-refractivity contribution in [1.82, 2.24) is 4.90 Å². The summed E-state index contributed by atoms with van der Waals surface area (Å²) in [6, 6.07) is 11.9. The van der Waals surface area contributed by atoms with Crippen LogP contribution in [0.3, 0.4) is 0 Å². The number of benzene rings is 2. The van der Waals surface area contributed by atoms with Crippen LogP contribution in [0.15, 0.2) is 46.9 Å². The normalized spacial score (nSPS) is 10.3. The lowest BCUT2D eigenvalue weighted by atomic mass is 10.1. The number of nitrogens with zero attached hydrogens (tertiary/aromatic N) is 1. The molecular weight excluding hydrogens is 337 g/mol. The highest BCUT2D eigenvalue weighted by molar-refractivity contribution is 9.10. The molecule has 0 saturated carbocycles. The highest BCUT2D eigenvalue weighted by Gasteiger charge is 2.17. The van der Waals surface area contributed by atoms with Gasteiger partial charge >= 0.3 is 0 Å². The first-order valence-electron chi connectivity index (χ1n) is 6.35. The van der Waals surface area contributed by atoms with Crippen molar-refractivity contribution in [3.63, 3.8) is 0 Å². The quantitative estimate of drug-likeness (QED) is 0.836. The molecule has 0 aromatic heterocycles. The molecular formula is C16H15BrFNO2. The van der Waals surface area contributed by atoms with Gasteiger partial charge < -0.3 is 9.64 Å². The van der Waals surface area contributed by atoms with Gasteiger partial charge in [0.1, 0.15) is 11.6 Å². The van der Waals surface area contributed by atoms with Crippen molar-refractivity contribution < 1.29 is 13.9 Å². The Kier molecular flexibility index (Phi) is 4.96. The van der Waals surface area contributed by atoms with Gasteiger partial charge in [0.15, 0.2) is 0 Å². The summed E-state index contributed by atoms with van der Waals surface area (Å²) < 4.78 is 18.8. The van der Waals surface area contributed by atoms with E-state index in [1.54, 1.807) is 20.2 Å². The van der Waals surface area contributed by atoms with Gasteiger partial charge in [0.25, 0.3) is 5.91 Å². The number of rotatable bonds is 4. The van der Waals surface area contributed by atoms with E-state index in [1.165, 1.54) is 17.0 Å². The Morgan fingerprint density at radius 1 is 1.29 bits per heavy atom. The molecule has 0 spiro atoms. The minimum Gasteiger partial charge on any atom is -0.497 e. The second-order valence-corrected chi connectivity index (χ2v) is 5.41. The Hall–Kier alpha value is -1.88. The van der Waals surface area contributed by atoms with Crippen LogP contribution in [0.2, 0.25) is 0 Å². The highest BCUT2D eigenvalue weighted by atomic mass is 79.9. The molecule has 0 aliphatic rings. The van der Waals surface area contributed by atoms with Crippen molar-refractivity contribution in [2.24, 2.45) is 0 Å². The molecule has 2 rings (SSSR count). The van der Waals surface area contributed by atoms with Crippen molar-refractivity contribution in [2.75, 3.05) is 14.2 Å². The molecule has 21 heavy (non-hydrogen) atoms. The lowest BCUT2D eigenvalue weighted by Crippen LogP contribution is -2.26. The zero-order chi connectivity index (χ0) is 15.4. The van der Waals surface area contributed by atoms with Crippen LogP contribution in [0, 0.1) is 5.82 Å². The monoisotopic (exact) mass is 351 g/mol. The molecule has 0 fully saturated rings. The van der Waals surface area contributed by atoms with E-state index in [4.69, 9.17) is 4.74 Å². The Balaban J connectivity index is 2.17. The lowest BCUT2D eigenvalue weighted by Gasteiger charge is -2.18. The summed E-state index contributed by atoms with van der Waals surface area (Å²) in [4.78, 5) is 13.9. The predicted molar refractivity (Wildman–Crippen MR) is 82.9 cm³/mol. The van der Waals surface area contributed by atoms with Crippen LogP contribution in [-0.2, 0) is 6.54 Å². The van der Waals surface area contributed by atoms with E-state index in [-0.39, 0.29) is 10.4 Å². The summed E-state index contributed by atoms with van der Waals surface area (Å²) in [6.45, 7) is 0.416. The van der Waals surface area contributed by atoms with Crippen LogP contribution in [0.4, 0.5) is 4.39 Å². The van der Waals surface area contributed by atoms with Crippen LogP contribution in [-0.4, -0.2) is 25.0 Å².